The number of rotatable bonds is 6. The topological polar surface area (TPSA) is 47.3 Å². The van der Waals surface area contributed by atoms with E-state index in [4.69, 9.17) is 10.6 Å². The third-order valence-corrected chi connectivity index (χ3v) is 2.34. The van der Waals surface area contributed by atoms with Gasteiger partial charge in [0, 0.05) is 6.04 Å². The Morgan fingerprint density at radius 2 is 2.20 bits per heavy atom. The fraction of sp³-hybridized carbons (Fsp3) is 0.500. The number of nitrogens with one attached hydrogen (secondary N) is 1. The van der Waals surface area contributed by atoms with Crippen molar-refractivity contribution in [3.63, 3.8) is 0 Å². The van der Waals surface area contributed by atoms with Crippen LogP contribution in [0.25, 0.3) is 0 Å². The standard InChI is InChI=1S/C12H20N2O/c1-3-8-15-11-7-5-6-10(9-11)12(4-2)14-13/h5-7,9,12,14H,3-4,8,13H2,1-2H3. The molecule has 0 aliphatic heterocycles. The third-order valence-electron chi connectivity index (χ3n) is 2.34. The molecular formula is C12H20N2O. The van der Waals surface area contributed by atoms with Crippen LogP contribution in [0.1, 0.15) is 38.3 Å². The van der Waals surface area contributed by atoms with Crippen molar-refractivity contribution in [2.45, 2.75) is 32.7 Å². The second-order valence-corrected chi connectivity index (χ2v) is 3.55. The molecule has 0 aliphatic rings. The van der Waals surface area contributed by atoms with Crippen molar-refractivity contribution in [2.75, 3.05) is 6.61 Å². The van der Waals surface area contributed by atoms with Gasteiger partial charge >= 0.3 is 0 Å². The highest BCUT2D eigenvalue weighted by Crippen LogP contribution is 2.20. The van der Waals surface area contributed by atoms with E-state index in [1.54, 1.807) is 0 Å². The molecule has 0 saturated carbocycles. The van der Waals surface area contributed by atoms with Gasteiger partial charge in [0.15, 0.2) is 0 Å². The number of hydrazine groups is 1. The summed E-state index contributed by atoms with van der Waals surface area (Å²) in [5.74, 6) is 6.39. The zero-order chi connectivity index (χ0) is 11.1. The van der Waals surface area contributed by atoms with Crippen LogP contribution in [0.2, 0.25) is 0 Å². The van der Waals surface area contributed by atoms with Crippen LogP contribution >= 0.6 is 0 Å². The smallest absolute Gasteiger partial charge is 0.119 e. The minimum atomic E-state index is 0.204. The largest absolute Gasteiger partial charge is 0.494 e. The Morgan fingerprint density at radius 1 is 1.40 bits per heavy atom. The second kappa shape index (κ2) is 6.43. The molecule has 0 fully saturated rings. The summed E-state index contributed by atoms with van der Waals surface area (Å²) in [5, 5.41) is 0. The van der Waals surface area contributed by atoms with Gasteiger partial charge in [0.05, 0.1) is 6.61 Å². The summed E-state index contributed by atoms with van der Waals surface area (Å²) in [5.41, 5.74) is 3.97. The molecule has 0 amide bonds. The van der Waals surface area contributed by atoms with Crippen molar-refractivity contribution >= 4 is 0 Å². The summed E-state index contributed by atoms with van der Waals surface area (Å²) in [6.45, 7) is 4.96. The van der Waals surface area contributed by atoms with E-state index in [2.05, 4.69) is 25.3 Å². The molecule has 1 aromatic carbocycles. The number of hydrogen-bond acceptors (Lipinski definition) is 3. The fourth-order valence-corrected chi connectivity index (χ4v) is 1.49. The molecule has 0 heterocycles. The molecule has 0 aliphatic carbocycles. The van der Waals surface area contributed by atoms with E-state index in [0.29, 0.717) is 0 Å². The normalized spacial score (nSPS) is 12.5. The number of nitrogens with two attached hydrogens (primary N) is 1. The molecule has 1 atom stereocenters. The molecule has 0 saturated heterocycles. The lowest BCUT2D eigenvalue weighted by atomic mass is 10.1. The zero-order valence-electron chi connectivity index (χ0n) is 9.49. The Morgan fingerprint density at radius 3 is 2.80 bits per heavy atom. The van der Waals surface area contributed by atoms with E-state index >= 15 is 0 Å². The third kappa shape index (κ3) is 3.53. The van der Waals surface area contributed by atoms with Gasteiger partial charge in [0.2, 0.25) is 0 Å². The van der Waals surface area contributed by atoms with Crippen molar-refractivity contribution < 1.29 is 4.74 Å². The predicted octanol–water partition coefficient (Wildman–Crippen LogP) is 2.39. The van der Waals surface area contributed by atoms with Gasteiger partial charge in [-0.1, -0.05) is 26.0 Å². The minimum absolute atomic E-state index is 0.204. The molecule has 3 nitrogen and oxygen atoms in total. The molecule has 84 valence electrons. The zero-order valence-corrected chi connectivity index (χ0v) is 9.49. The van der Waals surface area contributed by atoms with Crippen molar-refractivity contribution in [3.05, 3.63) is 29.8 Å². The number of benzene rings is 1. The van der Waals surface area contributed by atoms with Crippen LogP contribution in [0.4, 0.5) is 0 Å². The van der Waals surface area contributed by atoms with Crippen molar-refractivity contribution in [3.8, 4) is 5.75 Å². The van der Waals surface area contributed by atoms with Crippen LogP contribution in [0.3, 0.4) is 0 Å². The van der Waals surface area contributed by atoms with Gasteiger partial charge in [-0.3, -0.25) is 11.3 Å². The van der Waals surface area contributed by atoms with E-state index in [1.165, 1.54) is 5.56 Å². The van der Waals surface area contributed by atoms with Crippen LogP contribution in [-0.2, 0) is 0 Å². The fourth-order valence-electron chi connectivity index (χ4n) is 1.49. The Balaban J connectivity index is 2.72. The van der Waals surface area contributed by atoms with Gasteiger partial charge in [0.1, 0.15) is 5.75 Å². The highest BCUT2D eigenvalue weighted by atomic mass is 16.5. The monoisotopic (exact) mass is 208 g/mol. The van der Waals surface area contributed by atoms with Gasteiger partial charge < -0.3 is 4.74 Å². The molecule has 15 heavy (non-hydrogen) atoms. The molecule has 0 radical (unpaired) electrons. The molecule has 0 spiro atoms. The van der Waals surface area contributed by atoms with Crippen molar-refractivity contribution in [1.29, 1.82) is 0 Å². The molecule has 3 N–H and O–H groups in total. The summed E-state index contributed by atoms with van der Waals surface area (Å²) in [7, 11) is 0. The molecule has 1 unspecified atom stereocenters. The highest BCUT2D eigenvalue weighted by Gasteiger charge is 2.07. The molecule has 1 aromatic rings. The summed E-state index contributed by atoms with van der Waals surface area (Å²) in [6, 6.07) is 8.29. The Bertz CT molecular complexity index is 285. The van der Waals surface area contributed by atoms with Crippen molar-refractivity contribution in [1.82, 2.24) is 5.43 Å². The van der Waals surface area contributed by atoms with E-state index in [9.17, 15) is 0 Å². The number of hydrogen-bond donors (Lipinski definition) is 2. The lowest BCUT2D eigenvalue weighted by molar-refractivity contribution is 0.316. The van der Waals surface area contributed by atoms with Gasteiger partial charge in [-0.05, 0) is 30.5 Å². The summed E-state index contributed by atoms with van der Waals surface area (Å²) >= 11 is 0. The average Bonchev–Trinajstić information content (AvgIpc) is 2.29. The maximum absolute atomic E-state index is 5.57. The lowest BCUT2D eigenvalue weighted by Gasteiger charge is -2.15. The van der Waals surface area contributed by atoms with Crippen LogP contribution < -0.4 is 16.0 Å². The SMILES string of the molecule is CCCOc1cccc(C(CC)NN)c1. The van der Waals surface area contributed by atoms with E-state index in [1.807, 2.05) is 18.2 Å². The molecular weight excluding hydrogens is 188 g/mol. The Hall–Kier alpha value is -1.06. The first-order valence-corrected chi connectivity index (χ1v) is 5.50. The van der Waals surface area contributed by atoms with Crippen LogP contribution in [0, 0.1) is 0 Å². The minimum Gasteiger partial charge on any atom is -0.494 e. The van der Waals surface area contributed by atoms with Gasteiger partial charge in [-0.2, -0.15) is 0 Å². The predicted molar refractivity (Wildman–Crippen MR) is 62.6 cm³/mol. The van der Waals surface area contributed by atoms with E-state index in [0.717, 1.165) is 25.2 Å². The molecule has 3 heteroatoms. The molecule has 0 bridgehead atoms. The summed E-state index contributed by atoms with van der Waals surface area (Å²) < 4.78 is 5.57. The quantitative estimate of drug-likeness (QED) is 0.557. The maximum atomic E-state index is 5.57. The van der Waals surface area contributed by atoms with Gasteiger partial charge in [-0.25, -0.2) is 0 Å². The van der Waals surface area contributed by atoms with Crippen LogP contribution in [-0.4, -0.2) is 6.61 Å². The van der Waals surface area contributed by atoms with Gasteiger partial charge in [0.25, 0.3) is 0 Å². The van der Waals surface area contributed by atoms with Crippen molar-refractivity contribution in [2.24, 2.45) is 5.84 Å². The Labute approximate surface area is 91.6 Å². The van der Waals surface area contributed by atoms with Gasteiger partial charge in [-0.15, -0.1) is 0 Å². The first-order chi connectivity index (χ1) is 7.31. The first-order valence-electron chi connectivity index (χ1n) is 5.50. The lowest BCUT2D eigenvalue weighted by Crippen LogP contribution is -2.27. The Kier molecular flexibility index (Phi) is 5.15. The van der Waals surface area contributed by atoms with E-state index < -0.39 is 0 Å². The summed E-state index contributed by atoms with van der Waals surface area (Å²) in [6.07, 6.45) is 1.99. The highest BCUT2D eigenvalue weighted by molar-refractivity contribution is 5.30. The first kappa shape index (κ1) is 12.0. The summed E-state index contributed by atoms with van der Waals surface area (Å²) in [4.78, 5) is 0. The average molecular weight is 208 g/mol. The van der Waals surface area contributed by atoms with Crippen LogP contribution in [0.15, 0.2) is 24.3 Å². The maximum Gasteiger partial charge on any atom is 0.119 e. The second-order valence-electron chi connectivity index (χ2n) is 3.55. The number of ether oxygens (including phenoxy) is 1. The van der Waals surface area contributed by atoms with Crippen LogP contribution in [0.5, 0.6) is 5.75 Å². The molecule has 1 rings (SSSR count). The molecule has 0 aromatic heterocycles. The van der Waals surface area contributed by atoms with E-state index in [-0.39, 0.29) is 6.04 Å².